The quantitative estimate of drug-likeness (QED) is 0.753. The average Bonchev–Trinajstić information content (AvgIpc) is 2.01. The van der Waals surface area contributed by atoms with E-state index in [9.17, 15) is 8.42 Å². The van der Waals surface area contributed by atoms with Crippen molar-refractivity contribution in [1.29, 1.82) is 0 Å². The van der Waals surface area contributed by atoms with Crippen molar-refractivity contribution >= 4 is 10.0 Å². The van der Waals surface area contributed by atoms with Crippen molar-refractivity contribution in [2.45, 2.75) is 52.3 Å². The molecule has 92 valence electrons. The molecule has 0 spiro atoms. The van der Waals surface area contributed by atoms with Gasteiger partial charge in [0.1, 0.15) is 0 Å². The van der Waals surface area contributed by atoms with Gasteiger partial charge in [-0.15, -0.1) is 0 Å². The van der Waals surface area contributed by atoms with E-state index in [1.807, 2.05) is 20.8 Å². The highest BCUT2D eigenvalue weighted by atomic mass is 32.2. The minimum atomic E-state index is -3.26. The summed E-state index contributed by atoms with van der Waals surface area (Å²) in [7, 11) is -3.26. The molecular weight excluding hydrogens is 214 g/mol. The van der Waals surface area contributed by atoms with Crippen LogP contribution in [0.2, 0.25) is 0 Å². The second kappa shape index (κ2) is 5.27. The van der Waals surface area contributed by atoms with E-state index in [0.29, 0.717) is 6.42 Å². The van der Waals surface area contributed by atoms with Crippen LogP contribution in [0.15, 0.2) is 0 Å². The Labute approximate surface area is 93.1 Å². The van der Waals surface area contributed by atoms with Crippen LogP contribution in [0, 0.1) is 5.41 Å². The van der Waals surface area contributed by atoms with Gasteiger partial charge in [-0.05, 0) is 25.7 Å². The lowest BCUT2D eigenvalue weighted by Crippen LogP contribution is -2.46. The number of sulfonamides is 1. The lowest BCUT2D eigenvalue weighted by Gasteiger charge is -2.31. The van der Waals surface area contributed by atoms with Gasteiger partial charge in [0.15, 0.2) is 0 Å². The number of nitrogens with one attached hydrogen (secondary N) is 1. The third-order valence-corrected chi connectivity index (χ3v) is 4.24. The van der Waals surface area contributed by atoms with Gasteiger partial charge >= 0.3 is 0 Å². The Bertz CT molecular complexity index is 278. The first-order valence-corrected chi connectivity index (χ1v) is 6.78. The molecule has 1 unspecified atom stereocenters. The molecular formula is C10H23NO3S. The highest BCUT2D eigenvalue weighted by Crippen LogP contribution is 2.22. The second-order valence-electron chi connectivity index (χ2n) is 5.14. The molecule has 0 aromatic carbocycles. The molecule has 0 aliphatic carbocycles. The molecule has 1 atom stereocenters. The molecule has 5 heteroatoms. The van der Waals surface area contributed by atoms with Crippen molar-refractivity contribution in [1.82, 2.24) is 4.72 Å². The zero-order valence-corrected chi connectivity index (χ0v) is 11.1. The summed E-state index contributed by atoms with van der Waals surface area (Å²) < 4.78 is 26.0. The Morgan fingerprint density at radius 3 is 2.00 bits per heavy atom. The van der Waals surface area contributed by atoms with E-state index in [-0.39, 0.29) is 18.1 Å². The van der Waals surface area contributed by atoms with E-state index in [0.717, 1.165) is 0 Å². The predicted molar refractivity (Wildman–Crippen MR) is 62.1 cm³/mol. The maximum absolute atomic E-state index is 11.7. The van der Waals surface area contributed by atoms with E-state index in [4.69, 9.17) is 5.11 Å². The molecule has 0 radical (unpaired) electrons. The third kappa shape index (κ3) is 4.95. The van der Waals surface area contributed by atoms with Crippen LogP contribution in [0.1, 0.15) is 41.0 Å². The molecule has 0 aliphatic rings. The van der Waals surface area contributed by atoms with Crippen molar-refractivity contribution in [2.24, 2.45) is 5.41 Å². The van der Waals surface area contributed by atoms with Gasteiger partial charge in [0.2, 0.25) is 10.0 Å². The van der Waals surface area contributed by atoms with Crippen LogP contribution in [0.25, 0.3) is 0 Å². The van der Waals surface area contributed by atoms with Gasteiger partial charge in [0.05, 0.1) is 5.25 Å². The van der Waals surface area contributed by atoms with Gasteiger partial charge in [-0.1, -0.05) is 20.8 Å². The molecule has 15 heavy (non-hydrogen) atoms. The Hall–Kier alpha value is -0.130. The van der Waals surface area contributed by atoms with E-state index in [1.165, 1.54) is 0 Å². The molecule has 0 fully saturated rings. The fourth-order valence-electron chi connectivity index (χ4n) is 1.13. The van der Waals surface area contributed by atoms with Crippen LogP contribution < -0.4 is 4.72 Å². The average molecular weight is 237 g/mol. The number of aliphatic hydroxyl groups excluding tert-OH is 1. The summed E-state index contributed by atoms with van der Waals surface area (Å²) in [6.07, 6.45) is 0.440. The van der Waals surface area contributed by atoms with Gasteiger partial charge in [-0.2, -0.15) is 0 Å². The van der Waals surface area contributed by atoms with Crippen LogP contribution in [-0.2, 0) is 10.0 Å². The van der Waals surface area contributed by atoms with E-state index in [1.54, 1.807) is 13.8 Å². The van der Waals surface area contributed by atoms with Gasteiger partial charge in [-0.3, -0.25) is 0 Å². The van der Waals surface area contributed by atoms with Crippen LogP contribution in [-0.4, -0.2) is 31.4 Å². The molecule has 0 heterocycles. The summed E-state index contributed by atoms with van der Waals surface area (Å²) in [5.41, 5.74) is -0.190. The maximum atomic E-state index is 11.7. The molecule has 0 amide bonds. The highest BCUT2D eigenvalue weighted by molar-refractivity contribution is 7.90. The lowest BCUT2D eigenvalue weighted by atomic mass is 9.86. The van der Waals surface area contributed by atoms with Crippen molar-refractivity contribution in [3.05, 3.63) is 0 Å². The number of hydrogen-bond acceptors (Lipinski definition) is 3. The van der Waals surface area contributed by atoms with Crippen molar-refractivity contribution in [3.63, 3.8) is 0 Å². The standard InChI is InChI=1S/C10H23NO3S/c1-8(2)15(13,14)11-9(6-7-12)10(3,4)5/h8-9,11-12H,6-7H2,1-5H3. The van der Waals surface area contributed by atoms with Crippen LogP contribution >= 0.6 is 0 Å². The normalized spacial score (nSPS) is 15.7. The van der Waals surface area contributed by atoms with Gasteiger partial charge in [0.25, 0.3) is 0 Å². The van der Waals surface area contributed by atoms with Crippen molar-refractivity contribution in [2.75, 3.05) is 6.61 Å². The highest BCUT2D eigenvalue weighted by Gasteiger charge is 2.29. The molecule has 0 saturated heterocycles. The molecule has 0 aliphatic heterocycles. The molecule has 4 nitrogen and oxygen atoms in total. The Kier molecular flexibility index (Phi) is 5.23. The van der Waals surface area contributed by atoms with Gasteiger partial charge in [0, 0.05) is 12.6 Å². The molecule has 0 rings (SSSR count). The molecule has 0 bridgehead atoms. The fourth-order valence-corrected chi connectivity index (χ4v) is 2.27. The van der Waals surface area contributed by atoms with E-state index in [2.05, 4.69) is 4.72 Å². The smallest absolute Gasteiger partial charge is 0.214 e. The zero-order chi connectivity index (χ0) is 12.3. The zero-order valence-electron chi connectivity index (χ0n) is 10.2. The largest absolute Gasteiger partial charge is 0.396 e. The van der Waals surface area contributed by atoms with E-state index >= 15 is 0 Å². The Morgan fingerprint density at radius 2 is 1.73 bits per heavy atom. The number of hydrogen-bond donors (Lipinski definition) is 2. The van der Waals surface area contributed by atoms with Crippen molar-refractivity contribution in [3.8, 4) is 0 Å². The monoisotopic (exact) mass is 237 g/mol. The summed E-state index contributed by atoms with van der Waals surface area (Å²) in [6.45, 7) is 9.13. The minimum absolute atomic E-state index is 0.0114. The van der Waals surface area contributed by atoms with E-state index < -0.39 is 15.3 Å². The predicted octanol–water partition coefficient (Wildman–Crippen LogP) is 1.11. The minimum Gasteiger partial charge on any atom is -0.396 e. The Balaban J connectivity index is 4.71. The van der Waals surface area contributed by atoms with Crippen LogP contribution in [0.3, 0.4) is 0 Å². The summed E-state index contributed by atoms with van der Waals surface area (Å²) >= 11 is 0. The fraction of sp³-hybridized carbons (Fsp3) is 1.00. The maximum Gasteiger partial charge on any atom is 0.214 e. The first-order chi connectivity index (χ1) is 6.61. The molecule has 0 aromatic rings. The summed E-state index contributed by atoms with van der Waals surface area (Å²) in [5, 5.41) is 8.46. The SMILES string of the molecule is CC(C)S(=O)(=O)NC(CCO)C(C)(C)C. The lowest BCUT2D eigenvalue weighted by molar-refractivity contribution is 0.214. The van der Waals surface area contributed by atoms with Crippen LogP contribution in [0.5, 0.6) is 0 Å². The molecule has 0 aromatic heterocycles. The van der Waals surface area contributed by atoms with Gasteiger partial charge < -0.3 is 5.11 Å². The second-order valence-corrected chi connectivity index (χ2v) is 7.41. The Morgan fingerprint density at radius 1 is 1.27 bits per heavy atom. The molecule has 2 N–H and O–H groups in total. The molecule has 0 saturated carbocycles. The summed E-state index contributed by atoms with van der Waals surface area (Å²) in [6, 6.07) is -0.227. The number of aliphatic hydroxyl groups is 1. The van der Waals surface area contributed by atoms with Crippen LogP contribution in [0.4, 0.5) is 0 Å². The van der Waals surface area contributed by atoms with Gasteiger partial charge in [-0.25, -0.2) is 13.1 Å². The summed E-state index contributed by atoms with van der Waals surface area (Å²) in [4.78, 5) is 0. The first kappa shape index (κ1) is 14.9. The topological polar surface area (TPSA) is 66.4 Å². The first-order valence-electron chi connectivity index (χ1n) is 5.23. The third-order valence-electron chi connectivity index (χ3n) is 2.39. The number of rotatable bonds is 5. The summed E-state index contributed by atoms with van der Waals surface area (Å²) in [5.74, 6) is 0. The van der Waals surface area contributed by atoms with Crippen molar-refractivity contribution < 1.29 is 13.5 Å².